The zero-order chi connectivity index (χ0) is 22.4. The van der Waals surface area contributed by atoms with Crippen LogP contribution in [0.3, 0.4) is 0 Å². The van der Waals surface area contributed by atoms with Gasteiger partial charge in [-0.1, -0.05) is 41.0 Å². The highest BCUT2D eigenvalue weighted by atomic mass is 35.5. The Morgan fingerprint density at radius 2 is 1.94 bits per heavy atom. The lowest BCUT2D eigenvalue weighted by Gasteiger charge is -2.08. The van der Waals surface area contributed by atoms with Crippen LogP contribution in [0.1, 0.15) is 16.2 Å². The molecular weight excluding hydrogens is 461 g/mol. The van der Waals surface area contributed by atoms with Gasteiger partial charge in [0.05, 0.1) is 29.5 Å². The highest BCUT2D eigenvalue weighted by molar-refractivity contribution is 7.99. The Morgan fingerprint density at radius 1 is 1.13 bits per heavy atom. The van der Waals surface area contributed by atoms with Crippen molar-refractivity contribution < 1.29 is 14.3 Å². The minimum atomic E-state index is -0.312. The predicted octanol–water partition coefficient (Wildman–Crippen LogP) is 3.79. The first-order chi connectivity index (χ1) is 14.9. The van der Waals surface area contributed by atoms with Crippen LogP contribution in [-0.4, -0.2) is 39.4 Å². The van der Waals surface area contributed by atoms with Gasteiger partial charge in [-0.2, -0.15) is 0 Å². The molecule has 8 nitrogen and oxygen atoms in total. The molecule has 0 atom stereocenters. The van der Waals surface area contributed by atoms with Crippen molar-refractivity contribution >= 4 is 52.5 Å². The second-order valence-corrected chi connectivity index (χ2v) is 8.10. The molecule has 11 heteroatoms. The molecule has 1 aromatic heterocycles. The molecule has 1 heterocycles. The number of benzene rings is 2. The van der Waals surface area contributed by atoms with Gasteiger partial charge in [0.1, 0.15) is 5.75 Å². The summed E-state index contributed by atoms with van der Waals surface area (Å²) in [6.07, 6.45) is 0. The summed E-state index contributed by atoms with van der Waals surface area (Å²) in [5.74, 6) is 0.860. The van der Waals surface area contributed by atoms with Gasteiger partial charge in [-0.3, -0.25) is 9.59 Å². The third-order valence-electron chi connectivity index (χ3n) is 4.20. The van der Waals surface area contributed by atoms with Crippen LogP contribution in [0.25, 0.3) is 0 Å². The molecule has 0 aliphatic rings. The molecule has 31 heavy (non-hydrogen) atoms. The van der Waals surface area contributed by atoms with Crippen molar-refractivity contribution in [2.24, 2.45) is 7.05 Å². The Kier molecular flexibility index (Phi) is 7.78. The van der Waals surface area contributed by atoms with Gasteiger partial charge in [0.25, 0.3) is 5.91 Å². The van der Waals surface area contributed by atoms with Crippen molar-refractivity contribution in [1.29, 1.82) is 0 Å². The van der Waals surface area contributed by atoms with E-state index in [0.29, 0.717) is 38.0 Å². The van der Waals surface area contributed by atoms with Crippen molar-refractivity contribution in [3.63, 3.8) is 0 Å². The number of anilines is 1. The van der Waals surface area contributed by atoms with Crippen LogP contribution in [0, 0.1) is 0 Å². The Labute approximate surface area is 193 Å². The SMILES string of the molecule is COc1cccc(NC(=O)CSc2nnc(CNC(=O)c3ccc(Cl)c(Cl)c3)n2C)c1. The fourth-order valence-corrected chi connectivity index (χ4v) is 3.58. The van der Waals surface area contributed by atoms with E-state index in [1.54, 1.807) is 55.1 Å². The van der Waals surface area contributed by atoms with Crippen LogP contribution < -0.4 is 15.4 Å². The lowest BCUT2D eigenvalue weighted by Crippen LogP contribution is -2.24. The zero-order valence-electron chi connectivity index (χ0n) is 16.7. The summed E-state index contributed by atoms with van der Waals surface area (Å²) in [6.45, 7) is 0.166. The quantitative estimate of drug-likeness (QED) is 0.476. The molecule has 0 fully saturated rings. The molecule has 0 unspecified atom stereocenters. The van der Waals surface area contributed by atoms with Gasteiger partial charge in [0, 0.05) is 24.4 Å². The molecule has 3 aromatic rings. The maximum absolute atomic E-state index is 12.3. The number of ether oxygens (including phenoxy) is 1. The van der Waals surface area contributed by atoms with E-state index in [-0.39, 0.29) is 24.1 Å². The fourth-order valence-electron chi connectivity index (χ4n) is 2.55. The van der Waals surface area contributed by atoms with Gasteiger partial charge < -0.3 is 19.9 Å². The van der Waals surface area contributed by atoms with Crippen LogP contribution >= 0.6 is 35.0 Å². The van der Waals surface area contributed by atoms with Gasteiger partial charge in [-0.05, 0) is 30.3 Å². The van der Waals surface area contributed by atoms with E-state index in [1.165, 1.54) is 17.8 Å². The molecule has 162 valence electrons. The van der Waals surface area contributed by atoms with Crippen LogP contribution in [0.2, 0.25) is 10.0 Å². The number of nitrogens with zero attached hydrogens (tertiary/aromatic N) is 3. The number of methoxy groups -OCH3 is 1. The minimum absolute atomic E-state index is 0.152. The lowest BCUT2D eigenvalue weighted by molar-refractivity contribution is -0.113. The monoisotopic (exact) mass is 479 g/mol. The van der Waals surface area contributed by atoms with Crippen molar-refractivity contribution in [2.45, 2.75) is 11.7 Å². The first-order valence-corrected chi connectivity index (χ1v) is 10.8. The van der Waals surface area contributed by atoms with Crippen molar-refractivity contribution in [3.05, 3.63) is 63.9 Å². The Morgan fingerprint density at radius 3 is 2.68 bits per heavy atom. The van der Waals surface area contributed by atoms with Gasteiger partial charge in [-0.15, -0.1) is 10.2 Å². The van der Waals surface area contributed by atoms with Gasteiger partial charge in [0.2, 0.25) is 5.91 Å². The molecule has 2 N–H and O–H groups in total. The van der Waals surface area contributed by atoms with Gasteiger partial charge in [0.15, 0.2) is 11.0 Å². The van der Waals surface area contributed by atoms with Gasteiger partial charge >= 0.3 is 0 Å². The summed E-state index contributed by atoms with van der Waals surface area (Å²) in [5, 5.41) is 15.0. The van der Waals surface area contributed by atoms with Crippen LogP contribution in [0.4, 0.5) is 5.69 Å². The van der Waals surface area contributed by atoms with E-state index in [4.69, 9.17) is 27.9 Å². The van der Waals surface area contributed by atoms with E-state index < -0.39 is 0 Å². The van der Waals surface area contributed by atoms with Crippen molar-refractivity contribution in [2.75, 3.05) is 18.2 Å². The number of carbonyl (C=O) groups excluding carboxylic acids is 2. The smallest absolute Gasteiger partial charge is 0.251 e. The average Bonchev–Trinajstić information content (AvgIpc) is 3.12. The third kappa shape index (κ3) is 6.13. The van der Waals surface area contributed by atoms with E-state index in [1.807, 2.05) is 0 Å². The summed E-state index contributed by atoms with van der Waals surface area (Å²) >= 11 is 13.1. The molecular formula is C20H19Cl2N5O3S. The Balaban J connectivity index is 1.52. The highest BCUT2D eigenvalue weighted by Gasteiger charge is 2.14. The topological polar surface area (TPSA) is 98.1 Å². The van der Waals surface area contributed by atoms with E-state index in [9.17, 15) is 9.59 Å². The molecule has 0 saturated heterocycles. The normalized spacial score (nSPS) is 10.6. The molecule has 0 radical (unpaired) electrons. The highest BCUT2D eigenvalue weighted by Crippen LogP contribution is 2.23. The van der Waals surface area contributed by atoms with Crippen LogP contribution in [0.5, 0.6) is 5.75 Å². The van der Waals surface area contributed by atoms with Crippen LogP contribution in [-0.2, 0) is 18.4 Å². The molecule has 0 aliphatic heterocycles. The molecule has 0 spiro atoms. The molecule has 0 aliphatic carbocycles. The van der Waals surface area contributed by atoms with Gasteiger partial charge in [-0.25, -0.2) is 0 Å². The number of rotatable bonds is 8. The third-order valence-corrected chi connectivity index (χ3v) is 5.96. The van der Waals surface area contributed by atoms with Crippen LogP contribution in [0.15, 0.2) is 47.6 Å². The number of nitrogens with one attached hydrogen (secondary N) is 2. The number of amides is 2. The van der Waals surface area contributed by atoms with E-state index >= 15 is 0 Å². The number of hydrogen-bond donors (Lipinski definition) is 2. The molecule has 2 aromatic carbocycles. The number of thioether (sulfide) groups is 1. The Hall–Kier alpha value is -2.75. The zero-order valence-corrected chi connectivity index (χ0v) is 19.0. The summed E-state index contributed by atoms with van der Waals surface area (Å²) in [7, 11) is 3.33. The maximum atomic E-state index is 12.3. The molecule has 0 bridgehead atoms. The second-order valence-electron chi connectivity index (χ2n) is 6.34. The molecule has 2 amide bonds. The lowest BCUT2D eigenvalue weighted by atomic mass is 10.2. The predicted molar refractivity (Wildman–Crippen MR) is 121 cm³/mol. The minimum Gasteiger partial charge on any atom is -0.497 e. The first kappa shape index (κ1) is 22.9. The molecule has 3 rings (SSSR count). The Bertz CT molecular complexity index is 1110. The largest absolute Gasteiger partial charge is 0.497 e. The van der Waals surface area contributed by atoms with E-state index in [0.717, 1.165) is 0 Å². The number of hydrogen-bond acceptors (Lipinski definition) is 6. The first-order valence-electron chi connectivity index (χ1n) is 9.05. The summed E-state index contributed by atoms with van der Waals surface area (Å²) in [6, 6.07) is 11.8. The summed E-state index contributed by atoms with van der Waals surface area (Å²) in [5.41, 5.74) is 1.04. The summed E-state index contributed by atoms with van der Waals surface area (Å²) in [4.78, 5) is 24.5. The fraction of sp³-hybridized carbons (Fsp3) is 0.200. The average molecular weight is 480 g/mol. The van der Waals surface area contributed by atoms with Crippen molar-refractivity contribution in [3.8, 4) is 5.75 Å². The summed E-state index contributed by atoms with van der Waals surface area (Å²) < 4.78 is 6.86. The standard InChI is InChI=1S/C20H19Cl2N5O3S/c1-27-17(10-23-19(29)12-6-7-15(21)16(22)8-12)25-26-20(27)31-11-18(28)24-13-4-3-5-14(9-13)30-2/h3-9H,10-11H2,1-2H3,(H,23,29)(H,24,28). The van der Waals surface area contributed by atoms with E-state index in [2.05, 4.69) is 20.8 Å². The number of carbonyl (C=O) groups is 2. The number of halogens is 2. The second kappa shape index (κ2) is 10.5. The van der Waals surface area contributed by atoms with Crippen molar-refractivity contribution in [1.82, 2.24) is 20.1 Å². The maximum Gasteiger partial charge on any atom is 0.251 e. The molecule has 0 saturated carbocycles. The number of aromatic nitrogens is 3.